The van der Waals surface area contributed by atoms with Crippen molar-refractivity contribution in [3.05, 3.63) is 35.9 Å². The molecule has 1 heterocycles. The van der Waals surface area contributed by atoms with Gasteiger partial charge in [0, 0.05) is 12.8 Å². The number of hydrogen-bond donors (Lipinski definition) is 2. The molecule has 0 radical (unpaired) electrons. The fourth-order valence-electron chi connectivity index (χ4n) is 3.33. The van der Waals surface area contributed by atoms with Crippen LogP contribution in [0.2, 0.25) is 0 Å². The lowest BCUT2D eigenvalue weighted by Crippen LogP contribution is -2.42. The summed E-state index contributed by atoms with van der Waals surface area (Å²) in [5.41, 5.74) is 1.20. The molecule has 0 saturated carbocycles. The van der Waals surface area contributed by atoms with Crippen molar-refractivity contribution >= 4 is 5.78 Å². The molecule has 0 amide bonds. The highest BCUT2D eigenvalue weighted by Gasteiger charge is 2.48. The van der Waals surface area contributed by atoms with Crippen molar-refractivity contribution in [3.8, 4) is 0 Å². The fourth-order valence-corrected chi connectivity index (χ4v) is 3.33. The molecule has 2 rings (SSSR count). The number of halogens is 1. The van der Waals surface area contributed by atoms with E-state index in [4.69, 9.17) is 0 Å². The van der Waals surface area contributed by atoms with Gasteiger partial charge in [0.1, 0.15) is 18.1 Å². The molecule has 1 aliphatic heterocycles. The number of alkyl halides is 1. The maximum atomic E-state index is 14.4. The minimum absolute atomic E-state index is 0.0171. The summed E-state index contributed by atoms with van der Waals surface area (Å²) < 4.78 is 14.4. The first-order chi connectivity index (χ1) is 11.1. The van der Waals surface area contributed by atoms with Gasteiger partial charge in [-0.3, -0.25) is 9.69 Å². The summed E-state index contributed by atoms with van der Waals surface area (Å²) in [6.07, 6.45) is -0.628. The molecule has 0 aliphatic carbocycles. The average Bonchev–Trinajstić information content (AvgIpc) is 2.80. The molecule has 5 heteroatoms. The van der Waals surface area contributed by atoms with Gasteiger partial charge in [0.15, 0.2) is 0 Å². The highest BCUT2D eigenvalue weighted by Crippen LogP contribution is 2.30. The molecule has 23 heavy (non-hydrogen) atoms. The molecule has 1 aliphatic rings. The van der Waals surface area contributed by atoms with E-state index in [-0.39, 0.29) is 18.8 Å². The predicted octanol–water partition coefficient (Wildman–Crippen LogP) is 1.73. The quantitative estimate of drug-likeness (QED) is 0.765. The minimum atomic E-state index is -1.49. The Kier molecular flexibility index (Phi) is 6.69. The maximum absolute atomic E-state index is 14.4. The summed E-state index contributed by atoms with van der Waals surface area (Å²) in [5.74, 6) is -0.0171. The van der Waals surface area contributed by atoms with E-state index in [0.717, 1.165) is 12.8 Å². The Morgan fingerprint density at radius 3 is 2.57 bits per heavy atom. The number of carbonyl (C=O) groups excluding carboxylic acids is 1. The second kappa shape index (κ2) is 8.52. The van der Waals surface area contributed by atoms with E-state index in [1.807, 2.05) is 30.3 Å². The second-order valence-electron chi connectivity index (χ2n) is 6.18. The highest BCUT2D eigenvalue weighted by molar-refractivity contribution is 5.78. The van der Waals surface area contributed by atoms with Crippen LogP contribution in [-0.2, 0) is 11.2 Å². The van der Waals surface area contributed by atoms with Gasteiger partial charge in [-0.05, 0) is 24.9 Å². The molecule has 1 aromatic carbocycles. The Labute approximate surface area is 136 Å². The number of likely N-dealkylation sites (tertiary alicyclic amines) is 1. The number of carbonyl (C=O) groups is 1. The van der Waals surface area contributed by atoms with Crippen LogP contribution in [0.25, 0.3) is 0 Å². The number of aliphatic hydroxyl groups is 2. The molecule has 1 aromatic rings. The van der Waals surface area contributed by atoms with Gasteiger partial charge < -0.3 is 10.2 Å². The van der Waals surface area contributed by atoms with E-state index in [1.165, 1.54) is 5.56 Å². The molecule has 1 fully saturated rings. The van der Waals surface area contributed by atoms with Crippen LogP contribution in [-0.4, -0.2) is 58.4 Å². The van der Waals surface area contributed by atoms with Gasteiger partial charge >= 0.3 is 0 Å². The zero-order chi connectivity index (χ0) is 16.8. The summed E-state index contributed by atoms with van der Waals surface area (Å²) in [6.45, 7) is 2.01. The van der Waals surface area contributed by atoms with Crippen LogP contribution < -0.4 is 0 Å². The average molecular weight is 323 g/mol. The highest BCUT2D eigenvalue weighted by atomic mass is 19.1. The number of rotatable bonds is 8. The summed E-state index contributed by atoms with van der Waals surface area (Å²) in [4.78, 5) is 13.5. The standard InChI is InChI=1S/C18H26FNO3/c1-2-14(22)11-15-17(19)18(23)16(12-21)20(15)10-6-9-13-7-4-3-5-8-13/h3-5,7-8,15-18,21,23H,2,6,9-12H2,1H3/t15-,16-,17-,18-/m1/s1. The first-order valence-electron chi connectivity index (χ1n) is 8.32. The van der Waals surface area contributed by atoms with Crippen LogP contribution in [0.3, 0.4) is 0 Å². The third kappa shape index (κ3) is 4.37. The number of benzene rings is 1. The molecule has 2 N–H and O–H groups in total. The Morgan fingerprint density at radius 1 is 1.26 bits per heavy atom. The van der Waals surface area contributed by atoms with Crippen molar-refractivity contribution < 1.29 is 19.4 Å². The summed E-state index contributed by atoms with van der Waals surface area (Å²) in [7, 11) is 0. The number of ketones is 1. The summed E-state index contributed by atoms with van der Waals surface area (Å²) in [6, 6.07) is 8.73. The SMILES string of the molecule is CCC(=O)C[C@@H]1[C@@H](F)[C@H](O)[C@@H](CO)N1CCCc1ccccc1. The number of hydrogen-bond acceptors (Lipinski definition) is 4. The Hall–Kier alpha value is -1.30. The van der Waals surface area contributed by atoms with Crippen molar-refractivity contribution in [2.24, 2.45) is 0 Å². The van der Waals surface area contributed by atoms with Gasteiger partial charge in [-0.25, -0.2) is 4.39 Å². The monoisotopic (exact) mass is 323 g/mol. The zero-order valence-electron chi connectivity index (χ0n) is 13.6. The number of aliphatic hydroxyl groups excluding tert-OH is 2. The number of Topliss-reactive ketones (excluding diaryl/α,β-unsaturated/α-hetero) is 1. The van der Waals surface area contributed by atoms with Gasteiger partial charge in [0.2, 0.25) is 0 Å². The van der Waals surface area contributed by atoms with Crippen molar-refractivity contribution in [2.45, 2.75) is 57.0 Å². The molecular weight excluding hydrogens is 297 g/mol. The van der Waals surface area contributed by atoms with Gasteiger partial charge in [-0.1, -0.05) is 37.3 Å². The van der Waals surface area contributed by atoms with Gasteiger partial charge in [0.25, 0.3) is 0 Å². The van der Waals surface area contributed by atoms with Crippen LogP contribution >= 0.6 is 0 Å². The Balaban J connectivity index is 2.00. The molecule has 4 atom stereocenters. The van der Waals surface area contributed by atoms with Crippen molar-refractivity contribution in [2.75, 3.05) is 13.2 Å². The van der Waals surface area contributed by atoms with Crippen LogP contribution in [0.15, 0.2) is 30.3 Å². The fraction of sp³-hybridized carbons (Fsp3) is 0.611. The first kappa shape index (κ1) is 18.0. The van der Waals surface area contributed by atoms with E-state index in [9.17, 15) is 19.4 Å². The summed E-state index contributed by atoms with van der Waals surface area (Å²) in [5, 5.41) is 19.5. The maximum Gasteiger partial charge on any atom is 0.143 e. The lowest BCUT2D eigenvalue weighted by atomic mass is 10.0. The van der Waals surface area contributed by atoms with Crippen molar-refractivity contribution in [1.29, 1.82) is 0 Å². The van der Waals surface area contributed by atoms with E-state index < -0.39 is 24.4 Å². The number of nitrogens with zero attached hydrogens (tertiary/aromatic N) is 1. The second-order valence-corrected chi connectivity index (χ2v) is 6.18. The third-order valence-corrected chi connectivity index (χ3v) is 4.68. The van der Waals surface area contributed by atoms with Gasteiger partial charge in [-0.15, -0.1) is 0 Å². The Bertz CT molecular complexity index is 496. The smallest absolute Gasteiger partial charge is 0.143 e. The first-order valence-corrected chi connectivity index (χ1v) is 8.32. The van der Waals surface area contributed by atoms with Crippen molar-refractivity contribution in [3.63, 3.8) is 0 Å². The molecule has 4 nitrogen and oxygen atoms in total. The van der Waals surface area contributed by atoms with E-state index in [0.29, 0.717) is 13.0 Å². The predicted molar refractivity (Wildman–Crippen MR) is 86.9 cm³/mol. The molecule has 0 unspecified atom stereocenters. The molecule has 0 spiro atoms. The third-order valence-electron chi connectivity index (χ3n) is 4.68. The summed E-state index contributed by atoms with van der Waals surface area (Å²) >= 11 is 0. The molecular formula is C18H26FNO3. The van der Waals surface area contributed by atoms with E-state index in [1.54, 1.807) is 11.8 Å². The molecule has 128 valence electrons. The largest absolute Gasteiger partial charge is 0.395 e. The zero-order valence-corrected chi connectivity index (χ0v) is 13.6. The van der Waals surface area contributed by atoms with Gasteiger partial charge in [-0.2, -0.15) is 0 Å². The lowest BCUT2D eigenvalue weighted by molar-refractivity contribution is -0.120. The topological polar surface area (TPSA) is 60.8 Å². The van der Waals surface area contributed by atoms with E-state index >= 15 is 0 Å². The molecule has 0 bridgehead atoms. The molecule has 0 aromatic heterocycles. The van der Waals surface area contributed by atoms with Crippen LogP contribution in [0, 0.1) is 0 Å². The normalized spacial score (nSPS) is 28.2. The van der Waals surface area contributed by atoms with Crippen molar-refractivity contribution in [1.82, 2.24) is 4.90 Å². The lowest BCUT2D eigenvalue weighted by Gasteiger charge is -2.29. The van der Waals surface area contributed by atoms with Crippen LogP contribution in [0.4, 0.5) is 4.39 Å². The van der Waals surface area contributed by atoms with Gasteiger partial charge in [0.05, 0.1) is 18.7 Å². The van der Waals surface area contributed by atoms with E-state index in [2.05, 4.69) is 0 Å². The molecule has 1 saturated heterocycles. The van der Waals surface area contributed by atoms with Crippen LogP contribution in [0.5, 0.6) is 0 Å². The number of aryl methyl sites for hydroxylation is 1. The van der Waals surface area contributed by atoms with Crippen LogP contribution in [0.1, 0.15) is 31.7 Å². The Morgan fingerprint density at radius 2 is 1.96 bits per heavy atom. The minimum Gasteiger partial charge on any atom is -0.395 e.